The molecule has 7 N–H and O–H groups in total. The van der Waals surface area contributed by atoms with E-state index in [0.29, 0.717) is 18.7 Å². The summed E-state index contributed by atoms with van der Waals surface area (Å²) in [7, 11) is 3.15. The molecule has 0 bridgehead atoms. The second-order valence-corrected chi connectivity index (χ2v) is 9.70. The number of carbonyl (C=O) groups is 3. The first-order valence-corrected chi connectivity index (χ1v) is 11.9. The molecule has 0 spiro atoms. The monoisotopic (exact) mass is 500 g/mol. The number of benzene rings is 1. The molecule has 194 valence electrons. The van der Waals surface area contributed by atoms with Gasteiger partial charge in [0.1, 0.15) is 22.8 Å². The minimum absolute atomic E-state index is 0.0601. The van der Waals surface area contributed by atoms with Crippen molar-refractivity contribution in [1.82, 2.24) is 10.3 Å². The topological polar surface area (TPSA) is 177 Å². The lowest BCUT2D eigenvalue weighted by Crippen LogP contribution is -2.66. The molecule has 1 saturated carbocycles. The number of rotatable bonds is 5. The van der Waals surface area contributed by atoms with E-state index in [0.717, 1.165) is 5.69 Å². The highest BCUT2D eigenvalue weighted by atomic mass is 16.3. The fourth-order valence-corrected chi connectivity index (χ4v) is 6.14. The maximum atomic E-state index is 13.9. The second-order valence-electron chi connectivity index (χ2n) is 9.70. The number of hydrogen-bond acceptors (Lipinski definition) is 10. The Labute approximate surface area is 208 Å². The molecule has 1 amide bonds. The number of hydrogen-bond donors (Lipinski definition) is 6. The molecule has 4 rings (SSSR count). The van der Waals surface area contributed by atoms with Gasteiger partial charge in [-0.05, 0) is 64.4 Å². The highest BCUT2D eigenvalue weighted by molar-refractivity contribution is 6.24. The summed E-state index contributed by atoms with van der Waals surface area (Å²) >= 11 is 0. The fourth-order valence-electron chi connectivity index (χ4n) is 6.14. The number of fused-ring (bicyclic) bond motifs is 3. The number of nitrogens with zero attached hydrogens (tertiary/aromatic N) is 2. The highest BCUT2D eigenvalue weighted by Crippen LogP contribution is 2.53. The summed E-state index contributed by atoms with van der Waals surface area (Å²) in [5.41, 5.74) is -0.256. The summed E-state index contributed by atoms with van der Waals surface area (Å²) in [4.78, 5) is 43.1. The Hall–Kier alpha value is -3.41. The number of aromatic hydroxyl groups is 1. The zero-order valence-corrected chi connectivity index (χ0v) is 20.7. The summed E-state index contributed by atoms with van der Waals surface area (Å²) in [6.45, 7) is 5.32. The number of nitrogens with one attached hydrogen (secondary N) is 1. The molecule has 4 atom stereocenters. The van der Waals surface area contributed by atoms with Gasteiger partial charge < -0.3 is 25.3 Å². The predicted octanol–water partition coefficient (Wildman–Crippen LogP) is 0.315. The van der Waals surface area contributed by atoms with Gasteiger partial charge in [0.25, 0.3) is 5.91 Å². The maximum Gasteiger partial charge on any atom is 0.272 e. The van der Waals surface area contributed by atoms with Crippen LogP contribution in [0.5, 0.6) is 5.75 Å². The van der Waals surface area contributed by atoms with Gasteiger partial charge in [0, 0.05) is 30.3 Å². The van der Waals surface area contributed by atoms with Crippen molar-refractivity contribution in [3.63, 3.8) is 0 Å². The van der Waals surface area contributed by atoms with Crippen molar-refractivity contribution in [3.05, 3.63) is 40.2 Å². The van der Waals surface area contributed by atoms with Gasteiger partial charge in [-0.15, -0.1) is 0 Å². The molecular weight excluding hydrogens is 468 g/mol. The van der Waals surface area contributed by atoms with E-state index in [4.69, 9.17) is 5.84 Å². The van der Waals surface area contributed by atoms with Crippen LogP contribution in [-0.4, -0.2) is 81.6 Å². The van der Waals surface area contributed by atoms with Gasteiger partial charge in [-0.2, -0.15) is 0 Å². The summed E-state index contributed by atoms with van der Waals surface area (Å²) in [5.74, 6) is -1.22. The zero-order chi connectivity index (χ0) is 26.7. The van der Waals surface area contributed by atoms with Crippen LogP contribution >= 0.6 is 0 Å². The van der Waals surface area contributed by atoms with Crippen LogP contribution in [-0.2, 0) is 20.8 Å². The minimum Gasteiger partial charge on any atom is -0.508 e. The standard InChI is InChI=1S/C25H32N4O7/c1-5-29(6-2)14-7-8-15(30)17-12(14)9-11-10-13-19(28(3)4)21(32)18(24(35)27-26)23(34)25(13,36)22(33)16(11)20(17)31/h7-8,11,13,19,30-31,34,36H,5-6,9-10,26H2,1-4H3,(H,27,35)/t11?,13?,19-,25?/m0/s1. The predicted molar refractivity (Wildman–Crippen MR) is 131 cm³/mol. The number of Topliss-reactive ketones (excluding diaryl/α,β-unsaturated/α-hetero) is 2. The highest BCUT2D eigenvalue weighted by Gasteiger charge is 2.64. The van der Waals surface area contributed by atoms with Crippen molar-refractivity contribution < 1.29 is 34.8 Å². The van der Waals surface area contributed by atoms with Crippen LogP contribution in [0.15, 0.2) is 29.0 Å². The molecule has 3 aliphatic carbocycles. The smallest absolute Gasteiger partial charge is 0.272 e. The molecule has 11 nitrogen and oxygen atoms in total. The van der Waals surface area contributed by atoms with Gasteiger partial charge in [0.05, 0.1) is 11.6 Å². The van der Waals surface area contributed by atoms with Gasteiger partial charge in [0.2, 0.25) is 5.78 Å². The van der Waals surface area contributed by atoms with Crippen LogP contribution in [0.2, 0.25) is 0 Å². The first kappa shape index (κ1) is 25.7. The Balaban J connectivity index is 1.97. The van der Waals surface area contributed by atoms with E-state index in [2.05, 4.69) is 4.90 Å². The quantitative estimate of drug-likeness (QED) is 0.143. The number of phenolic OH excluding ortho intramolecular Hbond substituents is 1. The summed E-state index contributed by atoms with van der Waals surface area (Å²) in [6, 6.07) is 2.09. The average Bonchev–Trinajstić information content (AvgIpc) is 2.83. The summed E-state index contributed by atoms with van der Waals surface area (Å²) < 4.78 is 0. The van der Waals surface area contributed by atoms with Crippen LogP contribution in [0, 0.1) is 11.8 Å². The number of likely N-dealkylation sites (N-methyl/N-ethyl adjacent to an activating group) is 1. The average molecular weight is 501 g/mol. The third-order valence-electron chi connectivity index (χ3n) is 7.80. The maximum absolute atomic E-state index is 13.9. The van der Waals surface area contributed by atoms with Crippen LogP contribution in [0.4, 0.5) is 5.69 Å². The molecule has 0 radical (unpaired) electrons. The van der Waals surface area contributed by atoms with Crippen molar-refractivity contribution in [2.24, 2.45) is 17.7 Å². The number of ketones is 2. The summed E-state index contributed by atoms with van der Waals surface area (Å²) in [5, 5.41) is 44.6. The first-order valence-electron chi connectivity index (χ1n) is 11.9. The number of aliphatic hydroxyl groups excluding tert-OH is 2. The lowest BCUT2D eigenvalue weighted by atomic mass is 9.57. The van der Waals surface area contributed by atoms with E-state index < -0.39 is 58.0 Å². The van der Waals surface area contributed by atoms with Crippen molar-refractivity contribution in [2.75, 3.05) is 32.1 Å². The van der Waals surface area contributed by atoms with Gasteiger partial charge in [-0.3, -0.25) is 24.7 Å². The molecular formula is C25H32N4O7. The van der Waals surface area contributed by atoms with E-state index >= 15 is 0 Å². The summed E-state index contributed by atoms with van der Waals surface area (Å²) in [6.07, 6.45) is 0.326. The van der Waals surface area contributed by atoms with Crippen LogP contribution < -0.4 is 16.2 Å². The van der Waals surface area contributed by atoms with Crippen molar-refractivity contribution in [3.8, 4) is 5.75 Å². The number of phenols is 1. The molecule has 0 aromatic heterocycles. The molecule has 1 aromatic carbocycles. The van der Waals surface area contributed by atoms with E-state index in [1.807, 2.05) is 13.8 Å². The Kier molecular flexibility index (Phi) is 6.36. The third kappa shape index (κ3) is 3.34. The largest absolute Gasteiger partial charge is 0.508 e. The van der Waals surface area contributed by atoms with Crippen LogP contribution in [0.3, 0.4) is 0 Å². The molecule has 36 heavy (non-hydrogen) atoms. The fraction of sp³-hybridized carbons (Fsp3) is 0.480. The van der Waals surface area contributed by atoms with Crippen molar-refractivity contribution in [1.29, 1.82) is 0 Å². The second kappa shape index (κ2) is 8.91. The molecule has 0 heterocycles. The van der Waals surface area contributed by atoms with Gasteiger partial charge in [0.15, 0.2) is 11.4 Å². The minimum atomic E-state index is -2.64. The Morgan fingerprint density at radius 3 is 2.36 bits per heavy atom. The van der Waals surface area contributed by atoms with Crippen LogP contribution in [0.25, 0.3) is 5.76 Å². The number of anilines is 1. The number of aliphatic hydroxyl groups is 3. The zero-order valence-electron chi connectivity index (χ0n) is 20.7. The van der Waals surface area contributed by atoms with E-state index in [1.54, 1.807) is 25.6 Å². The number of hydrazine groups is 1. The Morgan fingerprint density at radius 1 is 1.17 bits per heavy atom. The molecule has 11 heteroatoms. The Morgan fingerprint density at radius 2 is 1.81 bits per heavy atom. The van der Waals surface area contributed by atoms with E-state index in [9.17, 15) is 34.8 Å². The van der Waals surface area contributed by atoms with Gasteiger partial charge in [-0.25, -0.2) is 5.84 Å². The number of nitrogens with two attached hydrogens (primary N) is 1. The number of amides is 1. The van der Waals surface area contributed by atoms with Gasteiger partial charge >= 0.3 is 0 Å². The normalized spacial score (nSPS) is 27.6. The molecule has 3 unspecified atom stereocenters. The number of carbonyl (C=O) groups excluding carboxylic acids is 3. The van der Waals surface area contributed by atoms with Crippen molar-refractivity contribution in [2.45, 2.75) is 38.3 Å². The molecule has 1 fully saturated rings. The van der Waals surface area contributed by atoms with E-state index in [-0.39, 0.29) is 29.7 Å². The molecule has 3 aliphatic rings. The van der Waals surface area contributed by atoms with Crippen molar-refractivity contribution >= 4 is 28.9 Å². The lowest BCUT2D eigenvalue weighted by molar-refractivity contribution is -0.153. The molecule has 0 saturated heterocycles. The third-order valence-corrected chi connectivity index (χ3v) is 7.80. The Bertz CT molecular complexity index is 1220. The first-order chi connectivity index (χ1) is 16.9. The van der Waals surface area contributed by atoms with Crippen LogP contribution in [0.1, 0.15) is 31.4 Å². The SMILES string of the molecule is CCN(CC)c1ccc(O)c2c1CC1CC3[C@H](N(C)C)C(=O)C(C(=O)NN)=C(O)C3(O)C(=O)C1=C2O. The molecule has 1 aromatic rings. The lowest BCUT2D eigenvalue weighted by Gasteiger charge is -2.50. The molecule has 0 aliphatic heterocycles. The van der Waals surface area contributed by atoms with Gasteiger partial charge in [-0.1, -0.05) is 0 Å². The van der Waals surface area contributed by atoms with E-state index in [1.165, 1.54) is 11.0 Å².